The molecule has 0 fully saturated rings. The molecule has 0 aliphatic heterocycles. The van der Waals surface area contributed by atoms with Gasteiger partial charge in [0.2, 0.25) is 0 Å². The van der Waals surface area contributed by atoms with Crippen LogP contribution in [0.15, 0.2) is 0 Å². The summed E-state index contributed by atoms with van der Waals surface area (Å²) in [6.45, 7) is 3.39. The highest BCUT2D eigenvalue weighted by molar-refractivity contribution is 4.79. The fraction of sp³-hybridized carbons (Fsp3) is 1.00. The van der Waals surface area contributed by atoms with E-state index in [1.165, 1.54) is 0 Å². The highest BCUT2D eigenvalue weighted by Crippen LogP contribution is 2.09. The molecule has 0 bridgehead atoms. The molecule has 12 heavy (non-hydrogen) atoms. The summed E-state index contributed by atoms with van der Waals surface area (Å²) in [6.07, 6.45) is -3.75. The first-order valence-electron chi connectivity index (χ1n) is 4.26. The molecule has 0 radical (unpaired) electrons. The molecule has 0 unspecified atom stereocenters. The van der Waals surface area contributed by atoms with E-state index < -0.39 is 24.4 Å². The molecular weight excluding hydrogens is 160 g/mol. The second-order valence-corrected chi connectivity index (χ2v) is 2.93. The Kier molecular flexibility index (Phi) is 5.41. The van der Waals surface area contributed by atoms with Crippen LogP contribution in [0.1, 0.15) is 26.7 Å². The predicted molar refractivity (Wildman–Crippen MR) is 44.6 cm³/mol. The first-order valence-corrected chi connectivity index (χ1v) is 4.26. The van der Waals surface area contributed by atoms with Gasteiger partial charge in [-0.25, -0.2) is 0 Å². The standard InChI is InChI=1S/C8H18O4/c1-3-5(9)7(11)8(12)6(10)4-2/h5-12H,3-4H2,1-2H3/t5-,6+,7+,8-. The minimum absolute atomic E-state index is 0.356. The van der Waals surface area contributed by atoms with Crippen LogP contribution in [0.4, 0.5) is 0 Å². The Bertz CT molecular complexity index is 104. The van der Waals surface area contributed by atoms with Crippen molar-refractivity contribution in [2.75, 3.05) is 0 Å². The molecule has 0 saturated carbocycles. The van der Waals surface area contributed by atoms with Crippen molar-refractivity contribution < 1.29 is 20.4 Å². The van der Waals surface area contributed by atoms with Gasteiger partial charge in [0.25, 0.3) is 0 Å². The monoisotopic (exact) mass is 178 g/mol. The van der Waals surface area contributed by atoms with Crippen molar-refractivity contribution in [3.63, 3.8) is 0 Å². The van der Waals surface area contributed by atoms with Crippen molar-refractivity contribution in [1.82, 2.24) is 0 Å². The quantitative estimate of drug-likeness (QED) is 0.446. The summed E-state index contributed by atoms with van der Waals surface area (Å²) in [7, 11) is 0. The van der Waals surface area contributed by atoms with Gasteiger partial charge in [-0.3, -0.25) is 0 Å². The summed E-state index contributed by atoms with van der Waals surface area (Å²) >= 11 is 0. The van der Waals surface area contributed by atoms with Crippen LogP contribution in [-0.2, 0) is 0 Å². The first-order chi connectivity index (χ1) is 5.54. The lowest BCUT2D eigenvalue weighted by atomic mass is 10.0. The number of hydrogen-bond acceptors (Lipinski definition) is 4. The average Bonchev–Trinajstić information content (AvgIpc) is 2.12. The minimum Gasteiger partial charge on any atom is -0.390 e. The molecule has 74 valence electrons. The van der Waals surface area contributed by atoms with E-state index in [0.717, 1.165) is 0 Å². The fourth-order valence-electron chi connectivity index (χ4n) is 0.938. The van der Waals surface area contributed by atoms with Gasteiger partial charge in [0.15, 0.2) is 0 Å². The lowest BCUT2D eigenvalue weighted by Crippen LogP contribution is -2.43. The number of hydrogen-bond donors (Lipinski definition) is 4. The molecule has 4 atom stereocenters. The molecule has 0 spiro atoms. The topological polar surface area (TPSA) is 80.9 Å². The third-order valence-corrected chi connectivity index (χ3v) is 1.97. The first kappa shape index (κ1) is 11.8. The van der Waals surface area contributed by atoms with Crippen LogP contribution in [0.25, 0.3) is 0 Å². The predicted octanol–water partition coefficient (Wildman–Crippen LogP) is -0.750. The molecule has 0 aromatic heterocycles. The Morgan fingerprint density at radius 2 is 1.00 bits per heavy atom. The van der Waals surface area contributed by atoms with Crippen LogP contribution < -0.4 is 0 Å². The summed E-state index contributed by atoms with van der Waals surface area (Å²) in [6, 6.07) is 0. The SMILES string of the molecule is CC[C@@H](O)[C@H](O)[C@H](O)[C@@H](O)CC. The molecule has 4 N–H and O–H groups in total. The van der Waals surface area contributed by atoms with E-state index in [-0.39, 0.29) is 0 Å². The summed E-state index contributed by atoms with van der Waals surface area (Å²) in [5.74, 6) is 0. The Balaban J connectivity index is 3.99. The second-order valence-electron chi connectivity index (χ2n) is 2.93. The van der Waals surface area contributed by atoms with Crippen molar-refractivity contribution in [3.8, 4) is 0 Å². The van der Waals surface area contributed by atoms with Crippen molar-refractivity contribution >= 4 is 0 Å². The zero-order chi connectivity index (χ0) is 9.72. The number of aliphatic hydroxyl groups excluding tert-OH is 4. The Hall–Kier alpha value is -0.160. The smallest absolute Gasteiger partial charge is 0.108 e. The van der Waals surface area contributed by atoms with Crippen molar-refractivity contribution in [2.45, 2.75) is 51.1 Å². The molecular formula is C8H18O4. The van der Waals surface area contributed by atoms with Crippen LogP contribution in [0.3, 0.4) is 0 Å². The second kappa shape index (κ2) is 5.48. The number of rotatable bonds is 5. The van der Waals surface area contributed by atoms with E-state index in [1.54, 1.807) is 13.8 Å². The van der Waals surface area contributed by atoms with E-state index in [4.69, 9.17) is 10.2 Å². The summed E-state index contributed by atoms with van der Waals surface area (Å²) in [4.78, 5) is 0. The maximum atomic E-state index is 9.23. The highest BCUT2D eigenvalue weighted by Gasteiger charge is 2.27. The molecule has 0 saturated heterocycles. The van der Waals surface area contributed by atoms with Gasteiger partial charge in [0, 0.05) is 0 Å². The summed E-state index contributed by atoms with van der Waals surface area (Å²) in [5, 5.41) is 36.7. The highest BCUT2D eigenvalue weighted by atomic mass is 16.4. The van der Waals surface area contributed by atoms with E-state index in [1.807, 2.05) is 0 Å². The molecule has 4 heteroatoms. The average molecular weight is 178 g/mol. The van der Waals surface area contributed by atoms with Gasteiger partial charge in [-0.2, -0.15) is 0 Å². The van der Waals surface area contributed by atoms with Crippen molar-refractivity contribution in [3.05, 3.63) is 0 Å². The van der Waals surface area contributed by atoms with E-state index in [0.29, 0.717) is 12.8 Å². The van der Waals surface area contributed by atoms with Gasteiger partial charge in [-0.05, 0) is 12.8 Å². The molecule has 4 nitrogen and oxygen atoms in total. The zero-order valence-corrected chi connectivity index (χ0v) is 7.51. The maximum absolute atomic E-state index is 9.23. The third-order valence-electron chi connectivity index (χ3n) is 1.97. The minimum atomic E-state index is -1.26. The Morgan fingerprint density at radius 1 is 0.750 bits per heavy atom. The van der Waals surface area contributed by atoms with Crippen molar-refractivity contribution in [2.24, 2.45) is 0 Å². The maximum Gasteiger partial charge on any atom is 0.108 e. The molecule has 0 heterocycles. The molecule has 0 aliphatic rings. The van der Waals surface area contributed by atoms with Gasteiger partial charge in [0.05, 0.1) is 12.2 Å². The fourth-order valence-corrected chi connectivity index (χ4v) is 0.938. The molecule has 0 aromatic rings. The summed E-state index contributed by atoms with van der Waals surface area (Å²) in [5.41, 5.74) is 0. The third kappa shape index (κ3) is 3.06. The molecule has 0 aromatic carbocycles. The van der Waals surface area contributed by atoms with Crippen LogP contribution in [-0.4, -0.2) is 44.8 Å². The largest absolute Gasteiger partial charge is 0.390 e. The van der Waals surface area contributed by atoms with Gasteiger partial charge in [0.1, 0.15) is 12.2 Å². The zero-order valence-electron chi connectivity index (χ0n) is 7.51. The van der Waals surface area contributed by atoms with Crippen LogP contribution in [0.2, 0.25) is 0 Å². The Morgan fingerprint density at radius 3 is 1.17 bits per heavy atom. The van der Waals surface area contributed by atoms with Gasteiger partial charge >= 0.3 is 0 Å². The van der Waals surface area contributed by atoms with Crippen LogP contribution >= 0.6 is 0 Å². The van der Waals surface area contributed by atoms with Gasteiger partial charge < -0.3 is 20.4 Å². The van der Waals surface area contributed by atoms with E-state index >= 15 is 0 Å². The van der Waals surface area contributed by atoms with E-state index in [2.05, 4.69) is 0 Å². The van der Waals surface area contributed by atoms with Crippen LogP contribution in [0.5, 0.6) is 0 Å². The Labute approximate surface area is 72.5 Å². The van der Waals surface area contributed by atoms with Gasteiger partial charge in [-0.15, -0.1) is 0 Å². The summed E-state index contributed by atoms with van der Waals surface area (Å²) < 4.78 is 0. The normalized spacial score (nSPS) is 21.5. The van der Waals surface area contributed by atoms with Crippen molar-refractivity contribution in [1.29, 1.82) is 0 Å². The lowest BCUT2D eigenvalue weighted by molar-refractivity contribution is -0.105. The molecule has 0 rings (SSSR count). The molecule has 0 aliphatic carbocycles. The van der Waals surface area contributed by atoms with Crippen LogP contribution in [0, 0.1) is 0 Å². The molecule has 0 amide bonds. The lowest BCUT2D eigenvalue weighted by Gasteiger charge is -2.25. The number of aliphatic hydroxyl groups is 4. The van der Waals surface area contributed by atoms with Gasteiger partial charge in [-0.1, -0.05) is 13.8 Å². The van der Waals surface area contributed by atoms with E-state index in [9.17, 15) is 10.2 Å².